The molecule has 1 unspecified atom stereocenters. The van der Waals surface area contributed by atoms with Crippen molar-refractivity contribution in [2.45, 2.75) is 39.7 Å². The van der Waals surface area contributed by atoms with E-state index in [1.54, 1.807) is 0 Å². The van der Waals surface area contributed by atoms with Gasteiger partial charge in [-0.15, -0.1) is 0 Å². The summed E-state index contributed by atoms with van der Waals surface area (Å²) in [5.41, 5.74) is 3.55. The van der Waals surface area contributed by atoms with Crippen LogP contribution in [0, 0.1) is 12.8 Å². The van der Waals surface area contributed by atoms with E-state index < -0.39 is 0 Å². The van der Waals surface area contributed by atoms with Crippen molar-refractivity contribution < 1.29 is 0 Å². The second kappa shape index (κ2) is 6.11. The number of hydrogen-bond donors (Lipinski definition) is 2. The van der Waals surface area contributed by atoms with Crippen LogP contribution < -0.4 is 11.3 Å². The van der Waals surface area contributed by atoms with Crippen LogP contribution in [-0.4, -0.2) is 28.0 Å². The Morgan fingerprint density at radius 1 is 1.39 bits per heavy atom. The number of nitrogens with one attached hydrogen (secondary N) is 1. The number of nitrogens with zero attached hydrogens (tertiary/aromatic N) is 3. The zero-order valence-corrected chi connectivity index (χ0v) is 11.3. The number of aromatic nitrogens is 2. The summed E-state index contributed by atoms with van der Waals surface area (Å²) < 4.78 is 0. The highest BCUT2D eigenvalue weighted by atomic mass is 15.3. The molecule has 18 heavy (non-hydrogen) atoms. The van der Waals surface area contributed by atoms with Crippen LogP contribution in [0.25, 0.3) is 0 Å². The van der Waals surface area contributed by atoms with Crippen LogP contribution in [-0.2, 0) is 6.54 Å². The van der Waals surface area contributed by atoms with Crippen LogP contribution in [0.1, 0.15) is 37.7 Å². The maximum atomic E-state index is 5.41. The van der Waals surface area contributed by atoms with Gasteiger partial charge in [0.25, 0.3) is 0 Å². The molecule has 1 atom stereocenters. The third kappa shape index (κ3) is 3.65. The highest BCUT2D eigenvalue weighted by Crippen LogP contribution is 2.17. The third-order valence-electron chi connectivity index (χ3n) is 3.52. The van der Waals surface area contributed by atoms with Crippen LogP contribution in [0.4, 0.5) is 5.82 Å². The minimum atomic E-state index is 0.695. The van der Waals surface area contributed by atoms with Crippen molar-refractivity contribution in [2.24, 2.45) is 11.8 Å². The fourth-order valence-electron chi connectivity index (χ4n) is 2.46. The third-order valence-corrected chi connectivity index (χ3v) is 3.52. The fourth-order valence-corrected chi connectivity index (χ4v) is 2.46. The van der Waals surface area contributed by atoms with Crippen LogP contribution in [0.3, 0.4) is 0 Å². The average Bonchev–Trinajstić information content (AvgIpc) is 2.54. The quantitative estimate of drug-likeness (QED) is 0.630. The van der Waals surface area contributed by atoms with Gasteiger partial charge in [-0.2, -0.15) is 0 Å². The monoisotopic (exact) mass is 249 g/mol. The van der Waals surface area contributed by atoms with Gasteiger partial charge in [0.1, 0.15) is 11.6 Å². The van der Waals surface area contributed by atoms with E-state index in [1.807, 2.05) is 13.0 Å². The number of hydrazine groups is 1. The molecule has 2 rings (SSSR count). The number of rotatable bonds is 3. The molecule has 1 aromatic rings. The van der Waals surface area contributed by atoms with Crippen molar-refractivity contribution in [2.75, 3.05) is 18.5 Å². The molecule has 0 radical (unpaired) electrons. The van der Waals surface area contributed by atoms with Crippen LogP contribution >= 0.6 is 0 Å². The van der Waals surface area contributed by atoms with Gasteiger partial charge in [-0.25, -0.2) is 15.8 Å². The number of nitrogen functional groups attached to an aromatic ring is 1. The Kier molecular flexibility index (Phi) is 4.49. The molecule has 0 spiro atoms. The lowest BCUT2D eigenvalue weighted by molar-refractivity contribution is 0.267. The minimum absolute atomic E-state index is 0.695. The Morgan fingerprint density at radius 3 is 3.00 bits per heavy atom. The Hall–Kier alpha value is -1.20. The van der Waals surface area contributed by atoms with E-state index in [-0.39, 0.29) is 0 Å². The molecule has 2 heterocycles. The van der Waals surface area contributed by atoms with Crippen molar-refractivity contribution in [3.8, 4) is 0 Å². The lowest BCUT2D eigenvalue weighted by Gasteiger charge is -2.19. The second-order valence-corrected chi connectivity index (χ2v) is 5.27. The number of aryl methyl sites for hydroxylation is 1. The standard InChI is InChI=1S/C13H23N5/c1-10-4-3-6-18(7-5-10)9-13-15-11(2)8-12(16-13)17-14/h8,10H,3-7,9,14H2,1-2H3,(H,15,16,17). The van der Waals surface area contributed by atoms with Crippen molar-refractivity contribution in [1.29, 1.82) is 0 Å². The normalized spacial score (nSPS) is 21.6. The number of nitrogens with two attached hydrogens (primary N) is 1. The SMILES string of the molecule is Cc1cc(NN)nc(CN2CCCC(C)CC2)n1. The molecular formula is C13H23N5. The summed E-state index contributed by atoms with van der Waals surface area (Å²) in [6.45, 7) is 7.42. The molecular weight excluding hydrogens is 226 g/mol. The molecule has 1 fully saturated rings. The first-order valence-corrected chi connectivity index (χ1v) is 6.71. The zero-order valence-electron chi connectivity index (χ0n) is 11.3. The van der Waals surface area contributed by atoms with Gasteiger partial charge >= 0.3 is 0 Å². The Bertz CT molecular complexity index is 393. The van der Waals surface area contributed by atoms with E-state index >= 15 is 0 Å². The summed E-state index contributed by atoms with van der Waals surface area (Å²) in [5, 5.41) is 0. The Labute approximate surface area is 109 Å². The molecule has 0 aromatic carbocycles. The van der Waals surface area contributed by atoms with Crippen molar-refractivity contribution >= 4 is 5.82 Å². The highest BCUT2D eigenvalue weighted by Gasteiger charge is 2.15. The lowest BCUT2D eigenvalue weighted by Crippen LogP contribution is -2.26. The maximum absolute atomic E-state index is 5.41. The van der Waals surface area contributed by atoms with Crippen LogP contribution in [0.2, 0.25) is 0 Å². The summed E-state index contributed by atoms with van der Waals surface area (Å²) >= 11 is 0. The van der Waals surface area contributed by atoms with Crippen molar-refractivity contribution in [1.82, 2.24) is 14.9 Å². The second-order valence-electron chi connectivity index (χ2n) is 5.27. The first-order valence-electron chi connectivity index (χ1n) is 6.71. The molecule has 0 amide bonds. The Morgan fingerprint density at radius 2 is 2.22 bits per heavy atom. The van der Waals surface area contributed by atoms with Gasteiger partial charge in [-0.1, -0.05) is 6.92 Å². The van der Waals surface area contributed by atoms with Crippen molar-refractivity contribution in [3.05, 3.63) is 17.6 Å². The Balaban J connectivity index is 2.01. The molecule has 1 aromatic heterocycles. The molecule has 0 saturated carbocycles. The lowest BCUT2D eigenvalue weighted by atomic mass is 10.0. The molecule has 3 N–H and O–H groups in total. The molecule has 1 aliphatic rings. The van der Waals surface area contributed by atoms with Gasteiger partial charge < -0.3 is 5.43 Å². The predicted molar refractivity (Wildman–Crippen MR) is 72.9 cm³/mol. The maximum Gasteiger partial charge on any atom is 0.145 e. The summed E-state index contributed by atoms with van der Waals surface area (Å²) in [6, 6.07) is 1.86. The fraction of sp³-hybridized carbons (Fsp3) is 0.692. The summed E-state index contributed by atoms with van der Waals surface area (Å²) in [6.07, 6.45) is 3.88. The predicted octanol–water partition coefficient (Wildman–Crippen LogP) is 1.69. The summed E-state index contributed by atoms with van der Waals surface area (Å²) in [7, 11) is 0. The van der Waals surface area contributed by atoms with Crippen LogP contribution in [0.5, 0.6) is 0 Å². The van der Waals surface area contributed by atoms with E-state index in [0.717, 1.165) is 37.1 Å². The summed E-state index contributed by atoms with van der Waals surface area (Å²) in [4.78, 5) is 11.3. The van der Waals surface area contributed by atoms with Gasteiger partial charge in [-0.05, 0) is 45.2 Å². The molecule has 1 saturated heterocycles. The first-order chi connectivity index (χ1) is 8.67. The number of hydrogen-bond acceptors (Lipinski definition) is 5. The van der Waals surface area contributed by atoms with Crippen LogP contribution in [0.15, 0.2) is 6.07 Å². The van der Waals surface area contributed by atoms with E-state index in [4.69, 9.17) is 5.84 Å². The minimum Gasteiger partial charge on any atom is -0.308 e. The molecule has 0 aliphatic carbocycles. The molecule has 1 aliphatic heterocycles. The molecule has 0 bridgehead atoms. The summed E-state index contributed by atoms with van der Waals surface area (Å²) in [5.74, 6) is 7.81. The number of anilines is 1. The topological polar surface area (TPSA) is 67.1 Å². The average molecular weight is 249 g/mol. The smallest absolute Gasteiger partial charge is 0.145 e. The van der Waals surface area contributed by atoms with E-state index in [2.05, 4.69) is 27.2 Å². The van der Waals surface area contributed by atoms with E-state index in [0.29, 0.717) is 5.82 Å². The molecule has 100 valence electrons. The van der Waals surface area contributed by atoms with Crippen molar-refractivity contribution in [3.63, 3.8) is 0 Å². The zero-order chi connectivity index (χ0) is 13.0. The van der Waals surface area contributed by atoms with Gasteiger partial charge in [0.15, 0.2) is 0 Å². The van der Waals surface area contributed by atoms with Gasteiger partial charge in [0.05, 0.1) is 6.54 Å². The van der Waals surface area contributed by atoms with Gasteiger partial charge in [0, 0.05) is 11.8 Å². The number of likely N-dealkylation sites (tertiary alicyclic amines) is 1. The van der Waals surface area contributed by atoms with E-state index in [1.165, 1.54) is 19.3 Å². The van der Waals surface area contributed by atoms with E-state index in [9.17, 15) is 0 Å². The molecule has 5 nitrogen and oxygen atoms in total. The van der Waals surface area contributed by atoms with Gasteiger partial charge in [0.2, 0.25) is 0 Å². The molecule has 5 heteroatoms. The highest BCUT2D eigenvalue weighted by molar-refractivity contribution is 5.33. The largest absolute Gasteiger partial charge is 0.308 e. The first kappa shape index (κ1) is 13.2. The van der Waals surface area contributed by atoms with Gasteiger partial charge in [-0.3, -0.25) is 4.90 Å².